The topological polar surface area (TPSA) is 64.9 Å². The Morgan fingerprint density at radius 2 is 2.05 bits per heavy atom. The second-order valence-corrected chi connectivity index (χ2v) is 5.78. The van der Waals surface area contributed by atoms with Crippen LogP contribution in [0.25, 0.3) is 0 Å². The first-order valence-corrected chi connectivity index (χ1v) is 6.97. The Labute approximate surface area is 118 Å². The zero-order valence-electron chi connectivity index (χ0n) is 11.6. The van der Waals surface area contributed by atoms with E-state index in [1.807, 2.05) is 31.2 Å². The highest BCUT2D eigenvalue weighted by atomic mass is 16.3. The van der Waals surface area contributed by atoms with E-state index in [0.717, 1.165) is 11.3 Å². The van der Waals surface area contributed by atoms with E-state index >= 15 is 0 Å². The molecular formula is C15H19N3O2. The molecule has 0 radical (unpaired) electrons. The lowest BCUT2D eigenvalue weighted by atomic mass is 9.94. The Balaban J connectivity index is 1.59. The van der Waals surface area contributed by atoms with Gasteiger partial charge in [-0.15, -0.1) is 0 Å². The number of carbonyl (C=O) groups excluding carboxylic acids is 1. The van der Waals surface area contributed by atoms with Gasteiger partial charge in [0.1, 0.15) is 5.84 Å². The van der Waals surface area contributed by atoms with E-state index in [0.29, 0.717) is 38.2 Å². The maximum Gasteiger partial charge on any atom is 0.322 e. The molecule has 5 nitrogen and oxygen atoms in total. The minimum absolute atomic E-state index is 0.118. The standard InChI is InChI=1S/C15H19N3O2/c1-15(20)6-8-18(9-7-15)14(19)17-13-10-11-4-2-3-5-12(11)16-13/h2-5,20H,6-10H2,1H3,(H,16,17,19). The van der Waals surface area contributed by atoms with Crippen LogP contribution in [0.2, 0.25) is 0 Å². The highest BCUT2D eigenvalue weighted by Crippen LogP contribution is 2.25. The van der Waals surface area contributed by atoms with Crippen LogP contribution in [-0.4, -0.2) is 40.6 Å². The third-order valence-corrected chi connectivity index (χ3v) is 3.98. The number of piperidine rings is 1. The molecule has 1 aromatic rings. The number of carbonyl (C=O) groups is 1. The number of para-hydroxylation sites is 1. The average molecular weight is 273 g/mol. The lowest BCUT2D eigenvalue weighted by molar-refractivity contribution is 0.00483. The number of amidine groups is 1. The molecule has 0 aromatic heterocycles. The van der Waals surface area contributed by atoms with E-state index < -0.39 is 5.60 Å². The molecule has 2 aliphatic rings. The van der Waals surface area contributed by atoms with Crippen LogP contribution >= 0.6 is 0 Å². The van der Waals surface area contributed by atoms with Crippen molar-refractivity contribution >= 4 is 17.6 Å². The van der Waals surface area contributed by atoms with Crippen LogP contribution in [0, 0.1) is 0 Å². The second-order valence-electron chi connectivity index (χ2n) is 5.78. The van der Waals surface area contributed by atoms with E-state index in [1.54, 1.807) is 4.90 Å². The monoisotopic (exact) mass is 273 g/mol. The van der Waals surface area contributed by atoms with E-state index in [-0.39, 0.29) is 6.03 Å². The minimum Gasteiger partial charge on any atom is -0.390 e. The normalized spacial score (nSPS) is 20.3. The number of nitrogens with zero attached hydrogens (tertiary/aromatic N) is 2. The maximum atomic E-state index is 12.2. The van der Waals surface area contributed by atoms with Gasteiger partial charge in [0.05, 0.1) is 11.3 Å². The van der Waals surface area contributed by atoms with Gasteiger partial charge in [-0.3, -0.25) is 5.32 Å². The number of nitrogens with one attached hydrogen (secondary N) is 1. The fraction of sp³-hybridized carbons (Fsp3) is 0.467. The Bertz CT molecular complexity index is 556. The van der Waals surface area contributed by atoms with Gasteiger partial charge in [-0.1, -0.05) is 18.2 Å². The van der Waals surface area contributed by atoms with Crippen LogP contribution in [0.1, 0.15) is 25.3 Å². The minimum atomic E-state index is -0.641. The molecule has 2 heterocycles. The molecule has 2 aliphatic heterocycles. The lowest BCUT2D eigenvalue weighted by Gasteiger charge is -2.35. The zero-order chi connectivity index (χ0) is 14.2. The molecule has 1 saturated heterocycles. The van der Waals surface area contributed by atoms with Gasteiger partial charge in [0.15, 0.2) is 0 Å². The highest BCUT2D eigenvalue weighted by Gasteiger charge is 2.30. The molecule has 0 unspecified atom stereocenters. The Morgan fingerprint density at radius 1 is 1.35 bits per heavy atom. The van der Waals surface area contributed by atoms with Crippen molar-refractivity contribution in [2.24, 2.45) is 4.99 Å². The SMILES string of the molecule is CC1(O)CCN(C(=O)NC2=Nc3ccccc3C2)CC1. The summed E-state index contributed by atoms with van der Waals surface area (Å²) in [7, 11) is 0. The first kappa shape index (κ1) is 13.1. The van der Waals surface area contributed by atoms with Crippen molar-refractivity contribution in [1.82, 2.24) is 10.2 Å². The molecule has 2 amide bonds. The zero-order valence-corrected chi connectivity index (χ0v) is 11.6. The third-order valence-electron chi connectivity index (χ3n) is 3.98. The number of aliphatic hydroxyl groups is 1. The van der Waals surface area contributed by atoms with E-state index in [2.05, 4.69) is 10.3 Å². The Morgan fingerprint density at radius 3 is 2.75 bits per heavy atom. The Kier molecular flexibility index (Phi) is 3.22. The van der Waals surface area contributed by atoms with Gasteiger partial charge in [-0.05, 0) is 31.4 Å². The highest BCUT2D eigenvalue weighted by molar-refractivity contribution is 6.02. The molecule has 3 rings (SSSR count). The van der Waals surface area contributed by atoms with Crippen molar-refractivity contribution in [3.8, 4) is 0 Å². The first-order chi connectivity index (χ1) is 9.53. The van der Waals surface area contributed by atoms with Crippen LogP contribution in [0.5, 0.6) is 0 Å². The molecule has 0 spiro atoms. The van der Waals surface area contributed by atoms with E-state index in [9.17, 15) is 9.90 Å². The van der Waals surface area contributed by atoms with Gasteiger partial charge in [0.25, 0.3) is 0 Å². The molecule has 0 bridgehead atoms. The molecule has 5 heteroatoms. The number of benzene rings is 1. The summed E-state index contributed by atoms with van der Waals surface area (Å²) in [5, 5.41) is 12.8. The Hall–Kier alpha value is -1.88. The molecule has 1 aromatic carbocycles. The maximum absolute atomic E-state index is 12.2. The smallest absolute Gasteiger partial charge is 0.322 e. The van der Waals surface area contributed by atoms with E-state index in [4.69, 9.17) is 0 Å². The molecule has 106 valence electrons. The van der Waals surface area contributed by atoms with Crippen molar-refractivity contribution in [2.45, 2.75) is 31.8 Å². The van der Waals surface area contributed by atoms with Gasteiger partial charge in [0, 0.05) is 19.5 Å². The predicted molar refractivity (Wildman–Crippen MR) is 77.2 cm³/mol. The third kappa shape index (κ3) is 2.67. The fourth-order valence-corrected chi connectivity index (χ4v) is 2.60. The van der Waals surface area contributed by atoms with Crippen LogP contribution in [0.3, 0.4) is 0 Å². The summed E-state index contributed by atoms with van der Waals surface area (Å²) < 4.78 is 0. The van der Waals surface area contributed by atoms with Gasteiger partial charge in [-0.2, -0.15) is 0 Å². The second kappa shape index (κ2) is 4.90. The van der Waals surface area contributed by atoms with Crippen molar-refractivity contribution in [2.75, 3.05) is 13.1 Å². The summed E-state index contributed by atoms with van der Waals surface area (Å²) in [6, 6.07) is 7.78. The number of hydrogen-bond donors (Lipinski definition) is 2. The van der Waals surface area contributed by atoms with Gasteiger partial charge >= 0.3 is 6.03 Å². The fourth-order valence-electron chi connectivity index (χ4n) is 2.60. The number of rotatable bonds is 0. The number of urea groups is 1. The number of likely N-dealkylation sites (tertiary alicyclic amines) is 1. The molecular weight excluding hydrogens is 254 g/mol. The van der Waals surface area contributed by atoms with Crippen LogP contribution in [-0.2, 0) is 6.42 Å². The van der Waals surface area contributed by atoms with Crippen LogP contribution < -0.4 is 5.32 Å². The molecule has 2 N–H and O–H groups in total. The largest absolute Gasteiger partial charge is 0.390 e. The number of hydrogen-bond acceptors (Lipinski definition) is 3. The molecule has 1 fully saturated rings. The average Bonchev–Trinajstić information content (AvgIpc) is 2.80. The summed E-state index contributed by atoms with van der Waals surface area (Å²) in [5.74, 6) is 0.702. The van der Waals surface area contributed by atoms with Crippen LogP contribution in [0.15, 0.2) is 29.3 Å². The summed E-state index contributed by atoms with van der Waals surface area (Å²) >= 11 is 0. The summed E-state index contributed by atoms with van der Waals surface area (Å²) in [5.41, 5.74) is 1.44. The van der Waals surface area contributed by atoms with Gasteiger partial charge in [0.2, 0.25) is 0 Å². The molecule has 0 aliphatic carbocycles. The number of fused-ring (bicyclic) bond motifs is 1. The molecule has 0 saturated carbocycles. The number of amides is 2. The molecule has 20 heavy (non-hydrogen) atoms. The summed E-state index contributed by atoms with van der Waals surface area (Å²) in [4.78, 5) is 18.3. The quantitative estimate of drug-likeness (QED) is 0.757. The summed E-state index contributed by atoms with van der Waals surface area (Å²) in [6.07, 6.45) is 1.91. The van der Waals surface area contributed by atoms with Crippen molar-refractivity contribution < 1.29 is 9.90 Å². The predicted octanol–water partition coefficient (Wildman–Crippen LogP) is 1.83. The number of aliphatic imine (C=N–C) groups is 1. The van der Waals surface area contributed by atoms with Crippen LogP contribution in [0.4, 0.5) is 10.5 Å². The van der Waals surface area contributed by atoms with Gasteiger partial charge < -0.3 is 10.0 Å². The van der Waals surface area contributed by atoms with Crippen molar-refractivity contribution in [3.63, 3.8) is 0 Å². The lowest BCUT2D eigenvalue weighted by Crippen LogP contribution is -2.50. The molecule has 0 atom stereocenters. The van der Waals surface area contributed by atoms with Gasteiger partial charge in [-0.25, -0.2) is 9.79 Å². The summed E-state index contributed by atoms with van der Waals surface area (Å²) in [6.45, 7) is 2.98. The van der Waals surface area contributed by atoms with Crippen molar-refractivity contribution in [3.05, 3.63) is 29.8 Å². The first-order valence-electron chi connectivity index (χ1n) is 6.97. The van der Waals surface area contributed by atoms with Crippen molar-refractivity contribution in [1.29, 1.82) is 0 Å². The van der Waals surface area contributed by atoms with E-state index in [1.165, 1.54) is 0 Å².